The van der Waals surface area contributed by atoms with Gasteiger partial charge in [-0.05, 0) is 31.6 Å². The number of aliphatic hydroxyl groups is 1. The van der Waals surface area contributed by atoms with Crippen molar-refractivity contribution >= 4 is 39.5 Å². The number of ether oxygens (including phenoxy) is 4. The quantitative estimate of drug-likeness (QED) is 0.0222. The first-order valence-corrected chi connectivity index (χ1v) is 44.7. The second-order valence-corrected chi connectivity index (χ2v) is 32.0. The zero-order valence-electron chi connectivity index (χ0n) is 64.6. The second-order valence-electron chi connectivity index (χ2n) is 29.1. The zero-order chi connectivity index (χ0) is 72.7. The SMILES string of the molecule is CCCCCCCCCCCCCCCCCCCCCCCC(=O)O[C@H](COC(=O)CCCCCCCCCCCCCCCCCC)COP(=O)(O)OC[C@@H](O)COP(=O)(O)OC[C@@H](COC(=O)CCCCCCCCC(C)CC)OC(=O)CCCCCCCCCCCCCC. The second kappa shape index (κ2) is 73.0. The third-order valence-corrected chi connectivity index (χ3v) is 21.0. The lowest BCUT2D eigenvalue weighted by molar-refractivity contribution is -0.161. The van der Waals surface area contributed by atoms with E-state index in [1.165, 1.54) is 244 Å². The van der Waals surface area contributed by atoms with Crippen LogP contribution in [0.25, 0.3) is 0 Å². The summed E-state index contributed by atoms with van der Waals surface area (Å²) in [4.78, 5) is 72.9. The van der Waals surface area contributed by atoms with Crippen LogP contribution in [0.5, 0.6) is 0 Å². The van der Waals surface area contributed by atoms with Crippen LogP contribution in [-0.2, 0) is 65.4 Å². The lowest BCUT2D eigenvalue weighted by Gasteiger charge is -2.21. The fraction of sp³-hybridized carbons (Fsp3) is 0.950. The molecular formula is C80H156O17P2. The van der Waals surface area contributed by atoms with Gasteiger partial charge < -0.3 is 33.8 Å². The minimum Gasteiger partial charge on any atom is -0.462 e. The van der Waals surface area contributed by atoms with Gasteiger partial charge in [0, 0.05) is 25.7 Å². The van der Waals surface area contributed by atoms with Gasteiger partial charge in [0.1, 0.15) is 19.3 Å². The monoisotopic (exact) mass is 1450 g/mol. The predicted molar refractivity (Wildman–Crippen MR) is 405 cm³/mol. The highest BCUT2D eigenvalue weighted by atomic mass is 31.2. The smallest absolute Gasteiger partial charge is 0.462 e. The average molecular weight is 1450 g/mol. The molecule has 3 N–H and O–H groups in total. The number of esters is 4. The molecule has 99 heavy (non-hydrogen) atoms. The van der Waals surface area contributed by atoms with Crippen molar-refractivity contribution in [1.82, 2.24) is 0 Å². The van der Waals surface area contributed by atoms with Gasteiger partial charge in [-0.2, -0.15) is 0 Å². The minimum atomic E-state index is -4.96. The van der Waals surface area contributed by atoms with Gasteiger partial charge >= 0.3 is 39.5 Å². The topological polar surface area (TPSA) is 237 Å². The number of carbonyl (C=O) groups excluding carboxylic acids is 4. The van der Waals surface area contributed by atoms with Crippen LogP contribution in [0.3, 0.4) is 0 Å². The summed E-state index contributed by atoms with van der Waals surface area (Å²) in [5.41, 5.74) is 0. The lowest BCUT2D eigenvalue weighted by Crippen LogP contribution is -2.30. The molecule has 3 unspecified atom stereocenters. The van der Waals surface area contributed by atoms with E-state index in [9.17, 15) is 43.2 Å². The Labute approximate surface area is 607 Å². The Morgan fingerprint density at radius 2 is 0.485 bits per heavy atom. The van der Waals surface area contributed by atoms with Gasteiger partial charge in [-0.15, -0.1) is 0 Å². The standard InChI is InChI=1S/C80H156O17P2/c1-6-10-13-16-19-22-25-28-30-32-33-34-35-36-38-40-43-46-49-56-61-66-80(85)96-75(69-90-77(82)63-58-53-47-44-42-39-37-31-29-26-23-20-17-14-11-7-2)71-94-98(86,87)92-67-74(81)68-93-99(88,89)95-72-76(70-91-78(83)64-59-54-51-50-52-57-62-73(5)9-4)97-79(84)65-60-55-48-45-41-27-24-21-18-15-12-8-3/h73-76,81H,6-72H2,1-5H3,(H,86,87)(H,88,89)/t73?,74-,75-,76-/m1/s1. The Kier molecular flexibility index (Phi) is 71.6. The molecule has 0 bridgehead atoms. The normalized spacial score (nSPS) is 14.1. The number of hydrogen-bond acceptors (Lipinski definition) is 15. The van der Waals surface area contributed by atoms with Crippen molar-refractivity contribution in [3.8, 4) is 0 Å². The van der Waals surface area contributed by atoms with Gasteiger partial charge in [0.05, 0.1) is 26.4 Å². The molecule has 0 aliphatic rings. The number of phosphoric ester groups is 2. The predicted octanol–water partition coefficient (Wildman–Crippen LogP) is 24.0. The van der Waals surface area contributed by atoms with Crippen molar-refractivity contribution in [3.63, 3.8) is 0 Å². The molecule has 0 rings (SSSR count). The maximum atomic E-state index is 13.1. The van der Waals surface area contributed by atoms with Crippen molar-refractivity contribution in [1.29, 1.82) is 0 Å². The molecule has 0 amide bonds. The maximum absolute atomic E-state index is 13.1. The first-order chi connectivity index (χ1) is 48.1. The highest BCUT2D eigenvalue weighted by molar-refractivity contribution is 7.47. The Hall–Kier alpha value is -1.94. The van der Waals surface area contributed by atoms with Crippen LogP contribution in [0.1, 0.15) is 426 Å². The fourth-order valence-electron chi connectivity index (χ4n) is 12.4. The van der Waals surface area contributed by atoms with E-state index in [2.05, 4.69) is 34.6 Å². The highest BCUT2D eigenvalue weighted by Crippen LogP contribution is 2.45. The minimum absolute atomic E-state index is 0.107. The first-order valence-electron chi connectivity index (χ1n) is 41.7. The number of hydrogen-bond donors (Lipinski definition) is 3. The molecule has 0 aliphatic heterocycles. The number of rotatable bonds is 80. The lowest BCUT2D eigenvalue weighted by atomic mass is 10.00. The molecule has 0 saturated carbocycles. The van der Waals surface area contributed by atoms with Crippen molar-refractivity contribution in [2.45, 2.75) is 445 Å². The van der Waals surface area contributed by atoms with E-state index < -0.39 is 97.5 Å². The molecule has 588 valence electrons. The highest BCUT2D eigenvalue weighted by Gasteiger charge is 2.30. The molecule has 17 nitrogen and oxygen atoms in total. The molecule has 0 fully saturated rings. The number of aliphatic hydroxyl groups excluding tert-OH is 1. The van der Waals surface area contributed by atoms with Gasteiger partial charge in [0.15, 0.2) is 12.2 Å². The number of carbonyl (C=O) groups is 4. The Bertz CT molecular complexity index is 1890. The number of phosphoric acid groups is 2. The fourth-order valence-corrected chi connectivity index (χ4v) is 14.0. The third kappa shape index (κ3) is 72.8. The summed E-state index contributed by atoms with van der Waals surface area (Å²) in [6.07, 6.45) is 63.9. The van der Waals surface area contributed by atoms with E-state index >= 15 is 0 Å². The van der Waals surface area contributed by atoms with E-state index in [4.69, 9.17) is 37.0 Å². The molecule has 0 aliphatic carbocycles. The summed E-state index contributed by atoms with van der Waals surface area (Å²) < 4.78 is 68.6. The summed E-state index contributed by atoms with van der Waals surface area (Å²) in [6.45, 7) is 7.28. The maximum Gasteiger partial charge on any atom is 0.472 e. The van der Waals surface area contributed by atoms with Crippen LogP contribution in [0, 0.1) is 5.92 Å². The largest absolute Gasteiger partial charge is 0.472 e. The summed E-state index contributed by atoms with van der Waals surface area (Å²) in [5.74, 6) is -1.38. The molecule has 0 saturated heterocycles. The molecule has 0 aromatic carbocycles. The van der Waals surface area contributed by atoms with Crippen molar-refractivity contribution < 1.29 is 80.2 Å². The number of unbranched alkanes of at least 4 members (excludes halogenated alkanes) is 51. The van der Waals surface area contributed by atoms with E-state index in [1.54, 1.807) is 0 Å². The third-order valence-electron chi connectivity index (χ3n) is 19.1. The van der Waals surface area contributed by atoms with Crippen LogP contribution in [0.2, 0.25) is 0 Å². The molecule has 0 spiro atoms. The summed E-state index contributed by atoms with van der Waals surface area (Å²) in [5, 5.41) is 10.6. The average Bonchev–Trinajstić information content (AvgIpc) is 1.02. The molecular weight excluding hydrogens is 1290 g/mol. The first kappa shape index (κ1) is 97.1. The van der Waals surface area contributed by atoms with Crippen LogP contribution in [0.4, 0.5) is 0 Å². The van der Waals surface area contributed by atoms with Crippen LogP contribution < -0.4 is 0 Å². The summed E-state index contributed by atoms with van der Waals surface area (Å²) in [6, 6.07) is 0. The summed E-state index contributed by atoms with van der Waals surface area (Å²) >= 11 is 0. The Morgan fingerprint density at radius 1 is 0.283 bits per heavy atom. The molecule has 19 heteroatoms. The molecule has 0 aromatic rings. The van der Waals surface area contributed by atoms with Gasteiger partial charge in [-0.1, -0.05) is 375 Å². The van der Waals surface area contributed by atoms with Crippen LogP contribution >= 0.6 is 15.6 Å². The molecule has 6 atom stereocenters. The van der Waals surface area contributed by atoms with Gasteiger partial charge in [-0.3, -0.25) is 37.3 Å². The van der Waals surface area contributed by atoms with Crippen molar-refractivity contribution in [2.75, 3.05) is 39.6 Å². The zero-order valence-corrected chi connectivity index (χ0v) is 66.4. The summed E-state index contributed by atoms with van der Waals surface area (Å²) in [7, 11) is -9.92. The Balaban J connectivity index is 5.21. The van der Waals surface area contributed by atoms with Crippen LogP contribution in [0.15, 0.2) is 0 Å². The molecule has 0 heterocycles. The van der Waals surface area contributed by atoms with Gasteiger partial charge in [0.25, 0.3) is 0 Å². The van der Waals surface area contributed by atoms with E-state index in [0.29, 0.717) is 25.7 Å². The van der Waals surface area contributed by atoms with E-state index in [-0.39, 0.29) is 25.7 Å². The van der Waals surface area contributed by atoms with E-state index in [0.717, 1.165) is 102 Å². The molecule has 0 aromatic heterocycles. The van der Waals surface area contributed by atoms with Crippen LogP contribution in [-0.4, -0.2) is 96.7 Å². The Morgan fingerprint density at radius 3 is 0.717 bits per heavy atom. The van der Waals surface area contributed by atoms with Crippen molar-refractivity contribution in [2.24, 2.45) is 5.92 Å². The van der Waals surface area contributed by atoms with E-state index in [1.807, 2.05) is 0 Å². The molecule has 0 radical (unpaired) electrons. The van der Waals surface area contributed by atoms with Gasteiger partial charge in [-0.25, -0.2) is 9.13 Å². The van der Waals surface area contributed by atoms with Crippen molar-refractivity contribution in [3.05, 3.63) is 0 Å². The van der Waals surface area contributed by atoms with Gasteiger partial charge in [0.2, 0.25) is 0 Å².